The summed E-state index contributed by atoms with van der Waals surface area (Å²) in [5, 5.41) is 12.0. The molecular weight excluding hydrogens is 568 g/mol. The van der Waals surface area contributed by atoms with Gasteiger partial charge in [0.1, 0.15) is 11.5 Å². The fraction of sp³-hybridized carbons (Fsp3) is 0.394. The highest BCUT2D eigenvalue weighted by molar-refractivity contribution is 7.80. The Labute approximate surface area is 263 Å². The minimum absolute atomic E-state index is 0.0869. The molecule has 0 bridgehead atoms. The van der Waals surface area contributed by atoms with Crippen molar-refractivity contribution in [3.05, 3.63) is 82.4 Å². The highest BCUT2D eigenvalue weighted by atomic mass is 35.5. The summed E-state index contributed by atoms with van der Waals surface area (Å²) < 4.78 is 6.12. The Morgan fingerprint density at radius 3 is 1.85 bits per heavy atom. The number of anilines is 2. The van der Waals surface area contributed by atoms with Crippen molar-refractivity contribution >= 4 is 57.6 Å². The molecule has 5 nitrogen and oxygen atoms in total. The SMILES string of the molecule is CC(C)c1cc(Oc2ccccc2)cc(C(C)C)c1NC(=S)NC(C)(C)C.Cc1cc(Cl)ccc1NC(=S)N(C)C. The molecule has 8 heteroatoms. The van der Waals surface area contributed by atoms with Gasteiger partial charge in [-0.2, -0.15) is 0 Å². The number of ether oxygens (including phenoxy) is 1. The highest BCUT2D eigenvalue weighted by Crippen LogP contribution is 2.38. The molecule has 3 aromatic carbocycles. The lowest BCUT2D eigenvalue weighted by Gasteiger charge is -2.27. The summed E-state index contributed by atoms with van der Waals surface area (Å²) in [5.41, 5.74) is 5.48. The van der Waals surface area contributed by atoms with Gasteiger partial charge in [-0.1, -0.05) is 57.5 Å². The maximum absolute atomic E-state index is 6.12. The molecule has 0 fully saturated rings. The zero-order valence-corrected chi connectivity index (χ0v) is 28.4. The van der Waals surface area contributed by atoms with Crippen molar-refractivity contribution in [1.29, 1.82) is 0 Å². The number of rotatable bonds is 6. The molecule has 0 radical (unpaired) electrons. The van der Waals surface area contributed by atoms with Gasteiger partial charge in [0.05, 0.1) is 0 Å². The van der Waals surface area contributed by atoms with E-state index in [2.05, 4.69) is 76.5 Å². The Morgan fingerprint density at radius 2 is 1.39 bits per heavy atom. The van der Waals surface area contributed by atoms with Gasteiger partial charge in [0.25, 0.3) is 0 Å². The van der Waals surface area contributed by atoms with Gasteiger partial charge >= 0.3 is 0 Å². The third-order valence-electron chi connectivity index (χ3n) is 5.96. The number of benzene rings is 3. The van der Waals surface area contributed by atoms with E-state index in [9.17, 15) is 0 Å². The van der Waals surface area contributed by atoms with Gasteiger partial charge in [0.15, 0.2) is 10.2 Å². The van der Waals surface area contributed by atoms with E-state index in [-0.39, 0.29) is 5.54 Å². The van der Waals surface area contributed by atoms with E-state index in [1.54, 1.807) is 0 Å². The van der Waals surface area contributed by atoms with Crippen molar-refractivity contribution in [1.82, 2.24) is 10.2 Å². The molecule has 0 atom stereocenters. The zero-order valence-electron chi connectivity index (χ0n) is 26.0. The van der Waals surface area contributed by atoms with E-state index in [0.717, 1.165) is 33.5 Å². The Kier molecular flexibility index (Phi) is 12.9. The molecule has 0 aliphatic carbocycles. The van der Waals surface area contributed by atoms with Crippen LogP contribution in [0, 0.1) is 6.92 Å². The molecule has 0 unspecified atom stereocenters. The van der Waals surface area contributed by atoms with E-state index in [1.165, 1.54) is 11.1 Å². The van der Waals surface area contributed by atoms with Gasteiger partial charge < -0.3 is 25.6 Å². The molecule has 0 aromatic heterocycles. The lowest BCUT2D eigenvalue weighted by molar-refractivity contribution is 0.480. The number of thiocarbonyl (C=S) groups is 2. The second-order valence-corrected chi connectivity index (χ2v) is 13.0. The number of hydrogen-bond donors (Lipinski definition) is 3. The molecule has 0 aliphatic rings. The van der Waals surface area contributed by atoms with Gasteiger partial charge in [0, 0.05) is 36.0 Å². The van der Waals surface area contributed by atoms with Crippen LogP contribution < -0.4 is 20.7 Å². The van der Waals surface area contributed by atoms with Crippen LogP contribution in [-0.2, 0) is 0 Å². The summed E-state index contributed by atoms with van der Waals surface area (Å²) in [7, 11) is 3.81. The molecule has 0 amide bonds. The summed E-state index contributed by atoms with van der Waals surface area (Å²) in [6.07, 6.45) is 0. The van der Waals surface area contributed by atoms with Crippen LogP contribution in [0.15, 0.2) is 60.7 Å². The van der Waals surface area contributed by atoms with E-state index >= 15 is 0 Å². The molecule has 41 heavy (non-hydrogen) atoms. The van der Waals surface area contributed by atoms with Crippen LogP contribution in [-0.4, -0.2) is 34.8 Å². The number of nitrogens with zero attached hydrogens (tertiary/aromatic N) is 1. The van der Waals surface area contributed by atoms with Crippen LogP contribution in [0.2, 0.25) is 5.02 Å². The molecule has 3 rings (SSSR count). The molecule has 3 aromatic rings. The predicted molar refractivity (Wildman–Crippen MR) is 186 cm³/mol. The van der Waals surface area contributed by atoms with Crippen molar-refractivity contribution in [2.75, 3.05) is 24.7 Å². The topological polar surface area (TPSA) is 48.6 Å². The van der Waals surface area contributed by atoms with Gasteiger partial charge in [-0.15, -0.1) is 0 Å². The van der Waals surface area contributed by atoms with Crippen molar-refractivity contribution < 1.29 is 4.74 Å². The quantitative estimate of drug-likeness (QED) is 0.240. The molecule has 0 saturated carbocycles. The van der Waals surface area contributed by atoms with E-state index in [0.29, 0.717) is 22.1 Å². The molecule has 3 N–H and O–H groups in total. The Hall–Kier alpha value is -2.87. The number of nitrogens with one attached hydrogen (secondary N) is 3. The predicted octanol–water partition coefficient (Wildman–Crippen LogP) is 9.72. The third kappa shape index (κ3) is 11.5. The first kappa shape index (κ1) is 34.3. The van der Waals surface area contributed by atoms with E-state index < -0.39 is 0 Å². The first-order valence-corrected chi connectivity index (χ1v) is 15.0. The van der Waals surface area contributed by atoms with Crippen molar-refractivity contribution in [2.24, 2.45) is 0 Å². The highest BCUT2D eigenvalue weighted by Gasteiger charge is 2.19. The zero-order chi connectivity index (χ0) is 30.9. The lowest BCUT2D eigenvalue weighted by Crippen LogP contribution is -2.43. The van der Waals surface area contributed by atoms with Crippen LogP contribution in [0.3, 0.4) is 0 Å². The monoisotopic (exact) mass is 612 g/mol. The lowest BCUT2D eigenvalue weighted by atomic mass is 9.92. The fourth-order valence-electron chi connectivity index (χ4n) is 3.88. The molecule has 222 valence electrons. The Bertz CT molecular complexity index is 1290. The second-order valence-electron chi connectivity index (χ2n) is 11.8. The van der Waals surface area contributed by atoms with Crippen LogP contribution in [0.4, 0.5) is 11.4 Å². The molecule has 0 spiro atoms. The Balaban J connectivity index is 0.000000353. The average Bonchev–Trinajstić information content (AvgIpc) is 2.86. The van der Waals surface area contributed by atoms with Crippen LogP contribution in [0.1, 0.15) is 77.0 Å². The normalized spacial score (nSPS) is 11.0. The van der Waals surface area contributed by atoms with Gasteiger partial charge in [0.2, 0.25) is 0 Å². The molecule has 0 heterocycles. The first-order valence-electron chi connectivity index (χ1n) is 13.8. The molecule has 0 aliphatic heterocycles. The largest absolute Gasteiger partial charge is 0.457 e. The number of aryl methyl sites for hydroxylation is 1. The average molecular weight is 613 g/mol. The van der Waals surface area contributed by atoms with Crippen LogP contribution in [0.25, 0.3) is 0 Å². The van der Waals surface area contributed by atoms with Crippen molar-refractivity contribution in [2.45, 2.75) is 72.8 Å². The number of hydrogen-bond acceptors (Lipinski definition) is 3. The summed E-state index contributed by atoms with van der Waals surface area (Å²) >= 11 is 16.5. The fourth-order valence-corrected chi connectivity index (χ4v) is 4.62. The second kappa shape index (κ2) is 15.4. The summed E-state index contributed by atoms with van der Waals surface area (Å²) in [6.45, 7) is 17.1. The first-order chi connectivity index (χ1) is 19.1. The Morgan fingerprint density at radius 1 is 0.829 bits per heavy atom. The summed E-state index contributed by atoms with van der Waals surface area (Å²) in [5.74, 6) is 2.37. The third-order valence-corrected chi connectivity index (χ3v) is 6.87. The minimum atomic E-state index is -0.0869. The van der Waals surface area contributed by atoms with Crippen molar-refractivity contribution in [3.63, 3.8) is 0 Å². The van der Waals surface area contributed by atoms with E-state index in [1.807, 2.05) is 74.4 Å². The van der Waals surface area contributed by atoms with Crippen LogP contribution in [0.5, 0.6) is 11.5 Å². The maximum Gasteiger partial charge on any atom is 0.172 e. The van der Waals surface area contributed by atoms with Gasteiger partial charge in [-0.25, -0.2) is 0 Å². The molecular formula is C33H45ClN4OS2. The van der Waals surface area contributed by atoms with Crippen LogP contribution >= 0.6 is 36.0 Å². The summed E-state index contributed by atoms with van der Waals surface area (Å²) in [6, 6.07) is 19.8. The molecule has 0 saturated heterocycles. The van der Waals surface area contributed by atoms with Gasteiger partial charge in [-0.3, -0.25) is 0 Å². The number of halogens is 1. The maximum atomic E-state index is 6.12. The van der Waals surface area contributed by atoms with Crippen molar-refractivity contribution in [3.8, 4) is 11.5 Å². The minimum Gasteiger partial charge on any atom is -0.457 e. The van der Waals surface area contributed by atoms with Gasteiger partial charge in [-0.05, 0) is 123 Å². The smallest absolute Gasteiger partial charge is 0.172 e. The summed E-state index contributed by atoms with van der Waals surface area (Å²) in [4.78, 5) is 1.85. The van der Waals surface area contributed by atoms with E-state index in [4.69, 9.17) is 40.8 Å². The standard InChI is InChI=1S/C23H32N2OS.C10H13ClN2S/c1-15(2)19-13-18(26-17-11-9-8-10-12-17)14-20(16(3)4)21(19)24-22(27)25-23(5,6)7;1-7-6-8(11)4-5-9(7)12-10(14)13(2)3/h8-16H,1-7H3,(H2,24,25,27);4-6H,1-3H3,(H,12,14). The number of para-hydroxylation sites is 1.